The number of carbonyl (C=O) groups excluding carboxylic acids is 1. The van der Waals surface area contributed by atoms with Gasteiger partial charge < -0.3 is 15.2 Å². The number of aromatic nitrogens is 2. The van der Waals surface area contributed by atoms with Crippen molar-refractivity contribution in [3.05, 3.63) is 114 Å². The van der Waals surface area contributed by atoms with Gasteiger partial charge >= 0.3 is 6.09 Å². The molecule has 182 valence electrons. The van der Waals surface area contributed by atoms with E-state index in [0.29, 0.717) is 33.4 Å². The van der Waals surface area contributed by atoms with Crippen molar-refractivity contribution in [2.45, 2.75) is 5.72 Å². The highest BCUT2D eigenvalue weighted by molar-refractivity contribution is 6.12. The van der Waals surface area contributed by atoms with Crippen LogP contribution in [0.5, 0.6) is 0 Å². The van der Waals surface area contributed by atoms with Crippen LogP contribution in [0.1, 0.15) is 21.5 Å². The molecule has 8 heteroatoms. The quantitative estimate of drug-likeness (QED) is 0.321. The average Bonchev–Trinajstić information content (AvgIpc) is 3.46. The van der Waals surface area contributed by atoms with Crippen LogP contribution in [-0.2, 0) is 5.72 Å². The van der Waals surface area contributed by atoms with E-state index in [9.17, 15) is 19.8 Å². The Morgan fingerprint density at radius 1 is 0.919 bits per heavy atom. The molecule has 0 spiro atoms. The number of amides is 2. The number of nitrogens with zero attached hydrogens (tertiary/aromatic N) is 3. The summed E-state index contributed by atoms with van der Waals surface area (Å²) in [6, 6.07) is 29.4. The Morgan fingerprint density at radius 2 is 1.65 bits per heavy atom. The smallest absolute Gasteiger partial charge is 0.413 e. The summed E-state index contributed by atoms with van der Waals surface area (Å²) in [5, 5.41) is 21.7. The number of imidazole rings is 1. The van der Waals surface area contributed by atoms with Gasteiger partial charge in [0.2, 0.25) is 5.95 Å². The molecule has 1 aliphatic heterocycles. The molecule has 0 saturated carbocycles. The molecular formula is C29H22N4O4. The van der Waals surface area contributed by atoms with Gasteiger partial charge in [0.05, 0.1) is 11.0 Å². The fraction of sp³-hybridized carbons (Fsp3) is 0.0690. The fourth-order valence-corrected chi connectivity index (χ4v) is 4.86. The van der Waals surface area contributed by atoms with Gasteiger partial charge in [-0.2, -0.15) is 0 Å². The van der Waals surface area contributed by atoms with Crippen molar-refractivity contribution >= 4 is 34.7 Å². The number of H-pyrrole nitrogens is 1. The monoisotopic (exact) mass is 490 g/mol. The lowest BCUT2D eigenvalue weighted by Crippen LogP contribution is -2.45. The van der Waals surface area contributed by atoms with Crippen LogP contribution in [0.2, 0.25) is 0 Å². The number of aromatic amines is 1. The highest BCUT2D eigenvalue weighted by Gasteiger charge is 2.50. The number of hydrogen-bond donors (Lipinski definition) is 3. The third kappa shape index (κ3) is 3.46. The van der Waals surface area contributed by atoms with Crippen molar-refractivity contribution in [2.24, 2.45) is 0 Å². The number of rotatable bonds is 4. The second-order valence-electron chi connectivity index (χ2n) is 8.91. The number of benzene rings is 4. The predicted octanol–water partition coefficient (Wildman–Crippen LogP) is 5.20. The van der Waals surface area contributed by atoms with E-state index in [2.05, 4.69) is 9.97 Å². The second kappa shape index (κ2) is 8.32. The Kier molecular flexibility index (Phi) is 5.06. The van der Waals surface area contributed by atoms with E-state index >= 15 is 0 Å². The first-order valence-corrected chi connectivity index (χ1v) is 11.7. The zero-order chi connectivity index (χ0) is 25.7. The minimum atomic E-state index is -1.81. The fourth-order valence-electron chi connectivity index (χ4n) is 4.86. The normalized spacial score (nSPS) is 16.7. The summed E-state index contributed by atoms with van der Waals surface area (Å²) >= 11 is 0. The highest BCUT2D eigenvalue weighted by Crippen LogP contribution is 2.46. The predicted molar refractivity (Wildman–Crippen MR) is 141 cm³/mol. The van der Waals surface area contributed by atoms with E-state index in [-0.39, 0.29) is 11.9 Å². The van der Waals surface area contributed by atoms with Crippen LogP contribution in [0, 0.1) is 0 Å². The Morgan fingerprint density at radius 3 is 2.43 bits per heavy atom. The minimum absolute atomic E-state index is 0.155. The molecule has 2 amide bonds. The van der Waals surface area contributed by atoms with Gasteiger partial charge in [-0.3, -0.25) is 14.6 Å². The number of carbonyl (C=O) groups is 2. The molecule has 1 aliphatic rings. The Balaban J connectivity index is 1.52. The zero-order valence-corrected chi connectivity index (χ0v) is 19.8. The molecule has 3 N–H and O–H groups in total. The molecule has 0 saturated heterocycles. The molecule has 0 bridgehead atoms. The van der Waals surface area contributed by atoms with E-state index in [1.54, 1.807) is 48.5 Å². The van der Waals surface area contributed by atoms with Gasteiger partial charge in [0, 0.05) is 29.4 Å². The molecule has 6 rings (SSSR count). The van der Waals surface area contributed by atoms with Crippen LogP contribution in [0.3, 0.4) is 0 Å². The van der Waals surface area contributed by atoms with Crippen LogP contribution in [0.15, 0.2) is 97.1 Å². The number of hydrogen-bond acceptors (Lipinski definition) is 4. The van der Waals surface area contributed by atoms with Crippen LogP contribution in [0.4, 0.5) is 16.4 Å². The molecular weight excluding hydrogens is 468 g/mol. The first-order chi connectivity index (χ1) is 17.9. The molecule has 8 nitrogen and oxygen atoms in total. The van der Waals surface area contributed by atoms with Gasteiger partial charge in [-0.05, 0) is 41.5 Å². The van der Waals surface area contributed by atoms with Crippen LogP contribution < -0.4 is 9.80 Å². The van der Waals surface area contributed by atoms with Gasteiger partial charge in [0.25, 0.3) is 5.91 Å². The van der Waals surface area contributed by atoms with E-state index in [1.807, 2.05) is 48.5 Å². The number of aliphatic hydroxyl groups is 1. The lowest BCUT2D eigenvalue weighted by molar-refractivity contribution is 0.0704. The molecule has 37 heavy (non-hydrogen) atoms. The van der Waals surface area contributed by atoms with Crippen LogP contribution >= 0.6 is 0 Å². The summed E-state index contributed by atoms with van der Waals surface area (Å²) in [4.78, 5) is 34.9. The molecule has 5 aromatic rings. The van der Waals surface area contributed by atoms with Gasteiger partial charge in [-0.15, -0.1) is 0 Å². The number of fused-ring (bicyclic) bond motifs is 2. The van der Waals surface area contributed by atoms with Crippen molar-refractivity contribution in [1.29, 1.82) is 0 Å². The van der Waals surface area contributed by atoms with E-state index < -0.39 is 11.8 Å². The maximum absolute atomic E-state index is 13.7. The van der Waals surface area contributed by atoms with Crippen molar-refractivity contribution in [2.75, 3.05) is 16.8 Å². The minimum Gasteiger partial charge on any atom is -0.465 e. The molecule has 0 fully saturated rings. The molecule has 1 unspecified atom stereocenters. The molecule has 1 atom stereocenters. The molecule has 0 aliphatic carbocycles. The van der Waals surface area contributed by atoms with Crippen molar-refractivity contribution in [3.63, 3.8) is 0 Å². The maximum atomic E-state index is 13.7. The Bertz CT molecular complexity index is 1680. The van der Waals surface area contributed by atoms with E-state index in [1.165, 1.54) is 11.9 Å². The zero-order valence-electron chi connectivity index (χ0n) is 19.8. The maximum Gasteiger partial charge on any atom is 0.413 e. The summed E-state index contributed by atoms with van der Waals surface area (Å²) in [6.45, 7) is 0. The summed E-state index contributed by atoms with van der Waals surface area (Å²) in [6.07, 6.45) is -1.15. The molecule has 1 aromatic heterocycles. The third-order valence-electron chi connectivity index (χ3n) is 6.75. The highest BCUT2D eigenvalue weighted by atomic mass is 16.4. The first kappa shape index (κ1) is 22.5. The number of anilines is 2. The summed E-state index contributed by atoms with van der Waals surface area (Å²) in [5.41, 5.74) is 2.99. The number of nitrogens with one attached hydrogen (secondary N) is 1. The Hall–Kier alpha value is -4.95. The van der Waals surface area contributed by atoms with Gasteiger partial charge in [0.15, 0.2) is 5.72 Å². The van der Waals surface area contributed by atoms with Gasteiger partial charge in [0.1, 0.15) is 0 Å². The van der Waals surface area contributed by atoms with Gasteiger partial charge in [-0.1, -0.05) is 66.7 Å². The lowest BCUT2D eigenvalue weighted by Gasteiger charge is -2.35. The topological polar surface area (TPSA) is 110 Å². The van der Waals surface area contributed by atoms with E-state index in [0.717, 1.165) is 16.0 Å². The molecule has 4 aromatic carbocycles. The standard InChI is InChI=1S/C29H22N4O4/c1-32(28(35)36)27-30-24-15-14-20(17-25(24)31-27)29(37)23-13-6-5-12-22(23)26(34)33(29)21-11-7-10-19(16-21)18-8-3-2-4-9-18/h2-17,37H,1H3,(H,30,31)(H,35,36). The molecule has 0 radical (unpaired) electrons. The van der Waals surface area contributed by atoms with Gasteiger partial charge in [-0.25, -0.2) is 9.78 Å². The molecule has 2 heterocycles. The van der Waals surface area contributed by atoms with Crippen LogP contribution in [0.25, 0.3) is 22.2 Å². The largest absolute Gasteiger partial charge is 0.465 e. The first-order valence-electron chi connectivity index (χ1n) is 11.7. The number of carboxylic acid groups (broad SMARTS) is 1. The lowest BCUT2D eigenvalue weighted by atomic mass is 9.93. The average molecular weight is 491 g/mol. The second-order valence-corrected chi connectivity index (χ2v) is 8.91. The van der Waals surface area contributed by atoms with Crippen molar-refractivity contribution in [3.8, 4) is 11.1 Å². The van der Waals surface area contributed by atoms with Crippen molar-refractivity contribution in [1.82, 2.24) is 9.97 Å². The summed E-state index contributed by atoms with van der Waals surface area (Å²) in [7, 11) is 1.39. The van der Waals surface area contributed by atoms with Crippen molar-refractivity contribution < 1.29 is 19.8 Å². The summed E-state index contributed by atoms with van der Waals surface area (Å²) in [5.74, 6) is -0.168. The third-order valence-corrected chi connectivity index (χ3v) is 6.75. The Labute approximate surface area is 212 Å². The summed E-state index contributed by atoms with van der Waals surface area (Å²) < 4.78 is 0. The SMILES string of the molecule is CN(C(=O)O)c1nc2cc(C3(O)c4ccccc4C(=O)N3c3cccc(-c4ccccc4)c3)ccc2[nH]1. The van der Waals surface area contributed by atoms with Crippen LogP contribution in [-0.4, -0.2) is 39.2 Å². The van der Waals surface area contributed by atoms with E-state index in [4.69, 9.17) is 0 Å².